The third kappa shape index (κ3) is 6.32. The molecule has 2 nitrogen and oxygen atoms in total. The van der Waals surface area contributed by atoms with Gasteiger partial charge in [0.05, 0.1) is 0 Å². The van der Waals surface area contributed by atoms with Gasteiger partial charge in [0.15, 0.2) is 0 Å². The Hall–Kier alpha value is 0.318. The monoisotopic (exact) mass is 180 g/mol. The second-order valence-corrected chi connectivity index (χ2v) is 8.10. The van der Waals surface area contributed by atoms with Crippen LogP contribution < -0.4 is 0 Å². The van der Waals surface area contributed by atoms with Gasteiger partial charge in [0.2, 0.25) is 0 Å². The first kappa shape index (κ1) is 8.32. The molecule has 3 heteroatoms. The average Bonchev–Trinajstić information content (AvgIpc) is 1.21. The summed E-state index contributed by atoms with van der Waals surface area (Å²) in [4.78, 5) is 0. The van der Waals surface area contributed by atoms with Crippen molar-refractivity contribution in [1.82, 2.24) is 0 Å². The molecule has 0 atom stereocenters. The molecule has 0 saturated carbocycles. The summed E-state index contributed by atoms with van der Waals surface area (Å²) in [6.45, 7) is 3.78. The van der Waals surface area contributed by atoms with Gasteiger partial charge in [-0.1, -0.05) is 0 Å². The van der Waals surface area contributed by atoms with Gasteiger partial charge in [-0.25, -0.2) is 0 Å². The SMILES string of the molecule is CC(C)O[As](C)(C)=O. The standard InChI is InChI=1S/C5H13AsO2/c1-5(2)8-6(3,4)7/h5H,1-4H3. The molecule has 0 aliphatic heterocycles. The molecule has 0 saturated heterocycles. The third-order valence-electron chi connectivity index (χ3n) is 0.465. The van der Waals surface area contributed by atoms with Crippen molar-refractivity contribution >= 4 is 13.8 Å². The van der Waals surface area contributed by atoms with Crippen molar-refractivity contribution in [3.63, 3.8) is 0 Å². The van der Waals surface area contributed by atoms with Crippen LogP contribution in [0, 0.1) is 0 Å². The van der Waals surface area contributed by atoms with Gasteiger partial charge in [-0.15, -0.1) is 0 Å². The Kier molecular flexibility index (Phi) is 2.85. The fraction of sp³-hybridized carbons (Fsp3) is 1.00. The summed E-state index contributed by atoms with van der Waals surface area (Å²) in [6.07, 6.45) is 0.106. The van der Waals surface area contributed by atoms with Gasteiger partial charge < -0.3 is 0 Å². The van der Waals surface area contributed by atoms with Crippen LogP contribution in [-0.2, 0) is 7.47 Å². The zero-order valence-electron chi connectivity index (χ0n) is 5.84. The summed E-state index contributed by atoms with van der Waals surface area (Å²) in [6, 6.07) is 0. The Morgan fingerprint density at radius 2 is 1.75 bits per heavy atom. The molecule has 50 valence electrons. The third-order valence-corrected chi connectivity index (χ3v) is 2.41. The van der Waals surface area contributed by atoms with Crippen molar-refractivity contribution in [2.75, 3.05) is 0 Å². The summed E-state index contributed by atoms with van der Waals surface area (Å²) < 4.78 is 15.9. The van der Waals surface area contributed by atoms with E-state index in [0.717, 1.165) is 0 Å². The topological polar surface area (TPSA) is 26.3 Å². The summed E-state index contributed by atoms with van der Waals surface area (Å²) in [5.41, 5.74) is 3.36. The average molecular weight is 180 g/mol. The first-order valence-corrected chi connectivity index (χ1v) is 7.94. The predicted molar refractivity (Wildman–Crippen MR) is 34.4 cm³/mol. The van der Waals surface area contributed by atoms with E-state index in [9.17, 15) is 3.74 Å². The minimum absolute atomic E-state index is 0.106. The Morgan fingerprint density at radius 3 is 1.75 bits per heavy atom. The van der Waals surface area contributed by atoms with Gasteiger partial charge in [0.1, 0.15) is 0 Å². The van der Waals surface area contributed by atoms with E-state index >= 15 is 0 Å². The van der Waals surface area contributed by atoms with E-state index in [-0.39, 0.29) is 6.10 Å². The molecule has 0 heterocycles. The number of hydrogen-bond acceptors (Lipinski definition) is 2. The van der Waals surface area contributed by atoms with Crippen LogP contribution in [0.1, 0.15) is 13.8 Å². The van der Waals surface area contributed by atoms with E-state index in [1.54, 1.807) is 11.4 Å². The van der Waals surface area contributed by atoms with Gasteiger partial charge in [0, 0.05) is 0 Å². The first-order chi connectivity index (χ1) is 3.42. The zero-order chi connectivity index (χ0) is 6.78. The van der Waals surface area contributed by atoms with Crippen molar-refractivity contribution in [2.24, 2.45) is 0 Å². The van der Waals surface area contributed by atoms with Crippen molar-refractivity contribution < 1.29 is 7.47 Å². The summed E-state index contributed by atoms with van der Waals surface area (Å²) >= 11 is -2.77. The number of rotatable bonds is 2. The van der Waals surface area contributed by atoms with Crippen molar-refractivity contribution in [3.05, 3.63) is 0 Å². The van der Waals surface area contributed by atoms with E-state index in [1.807, 2.05) is 13.8 Å². The molecule has 8 heavy (non-hydrogen) atoms. The van der Waals surface area contributed by atoms with E-state index in [1.165, 1.54) is 0 Å². The zero-order valence-corrected chi connectivity index (χ0v) is 7.72. The maximum atomic E-state index is 10.9. The molecule has 0 unspecified atom stereocenters. The molecule has 0 aliphatic rings. The predicted octanol–water partition coefficient (Wildman–Crippen LogP) is 1.54. The molecule has 0 spiro atoms. The molecular weight excluding hydrogens is 167 g/mol. The maximum absolute atomic E-state index is 10.9. The quantitative estimate of drug-likeness (QED) is 0.602. The van der Waals surface area contributed by atoms with E-state index < -0.39 is 13.8 Å². The Morgan fingerprint density at radius 1 is 1.38 bits per heavy atom. The van der Waals surface area contributed by atoms with E-state index in [4.69, 9.17) is 3.73 Å². The van der Waals surface area contributed by atoms with Gasteiger partial charge in [-0.2, -0.15) is 0 Å². The van der Waals surface area contributed by atoms with Crippen LogP contribution in [0.15, 0.2) is 0 Å². The van der Waals surface area contributed by atoms with Gasteiger partial charge in [0.25, 0.3) is 0 Å². The van der Waals surface area contributed by atoms with E-state index in [0.29, 0.717) is 0 Å². The van der Waals surface area contributed by atoms with Gasteiger partial charge >= 0.3 is 52.7 Å². The van der Waals surface area contributed by atoms with Crippen LogP contribution in [0.25, 0.3) is 0 Å². The summed E-state index contributed by atoms with van der Waals surface area (Å²) in [5, 5.41) is 0. The first-order valence-electron chi connectivity index (χ1n) is 2.65. The normalized spacial score (nSPS) is 12.6. The molecule has 0 radical (unpaired) electrons. The Balaban J connectivity index is 3.56. The Labute approximate surface area is 53.3 Å². The van der Waals surface area contributed by atoms with Crippen LogP contribution in [0.3, 0.4) is 0 Å². The molecule has 0 aromatic rings. The molecule has 0 rings (SSSR count). The van der Waals surface area contributed by atoms with Crippen LogP contribution in [-0.4, -0.2) is 19.9 Å². The van der Waals surface area contributed by atoms with Gasteiger partial charge in [-0.3, -0.25) is 0 Å². The van der Waals surface area contributed by atoms with Gasteiger partial charge in [-0.05, 0) is 0 Å². The second kappa shape index (κ2) is 2.74. The molecular formula is C5H13AsO2. The Bertz CT molecular complexity index is 103. The van der Waals surface area contributed by atoms with Crippen LogP contribution in [0.2, 0.25) is 11.4 Å². The number of hydrogen-bond donors (Lipinski definition) is 0. The molecule has 0 bridgehead atoms. The van der Waals surface area contributed by atoms with Crippen molar-refractivity contribution in [1.29, 1.82) is 0 Å². The molecule has 0 N–H and O–H groups in total. The minimum atomic E-state index is -2.77. The second-order valence-electron chi connectivity index (χ2n) is 2.41. The van der Waals surface area contributed by atoms with Crippen molar-refractivity contribution in [3.8, 4) is 0 Å². The molecule has 0 aliphatic carbocycles. The fourth-order valence-corrected chi connectivity index (χ4v) is 2.64. The van der Waals surface area contributed by atoms with Crippen LogP contribution in [0.5, 0.6) is 0 Å². The van der Waals surface area contributed by atoms with Crippen LogP contribution >= 0.6 is 0 Å². The molecule has 0 fully saturated rings. The summed E-state index contributed by atoms with van der Waals surface area (Å²) in [5.74, 6) is 0. The van der Waals surface area contributed by atoms with E-state index in [2.05, 4.69) is 0 Å². The molecule has 0 aromatic heterocycles. The van der Waals surface area contributed by atoms with Crippen molar-refractivity contribution in [2.45, 2.75) is 31.4 Å². The fourth-order valence-electron chi connectivity index (χ4n) is 0.508. The summed E-state index contributed by atoms with van der Waals surface area (Å²) in [7, 11) is 0. The molecule has 0 amide bonds. The molecule has 0 aromatic carbocycles. The van der Waals surface area contributed by atoms with Crippen LogP contribution in [0.4, 0.5) is 0 Å².